The van der Waals surface area contributed by atoms with Crippen LogP contribution >= 0.6 is 11.8 Å². The molecule has 0 radical (unpaired) electrons. The van der Waals surface area contributed by atoms with Crippen molar-refractivity contribution in [3.63, 3.8) is 0 Å². The average molecular weight is 398 g/mol. The number of hydrogen-bond donors (Lipinski definition) is 0. The lowest BCUT2D eigenvalue weighted by molar-refractivity contribution is -0.213. The Morgan fingerprint density at radius 3 is 2.00 bits per heavy atom. The molecular weight excluding hydrogens is 376 g/mol. The van der Waals surface area contributed by atoms with Gasteiger partial charge in [-0.1, -0.05) is 11.8 Å². The first-order valence-corrected chi connectivity index (χ1v) is 9.16. The Labute approximate surface area is 161 Å². The quantitative estimate of drug-likeness (QED) is 0.409. The van der Waals surface area contributed by atoms with Crippen LogP contribution in [0.15, 0.2) is 11.2 Å². The van der Waals surface area contributed by atoms with Gasteiger partial charge in [0.25, 0.3) is 0 Å². The number of aryl methyl sites for hydroxylation is 2. The smallest absolute Gasteiger partial charge is 0.303 e. The van der Waals surface area contributed by atoms with Crippen LogP contribution in [0.25, 0.3) is 0 Å². The molecule has 0 aliphatic carbocycles. The lowest BCUT2D eigenvalue weighted by atomic mass is 10.1. The molecule has 0 N–H and O–H groups in total. The second-order valence-corrected chi connectivity index (χ2v) is 7.11. The number of thioether (sulfide) groups is 1. The molecule has 1 aromatic rings. The topological polar surface area (TPSA) is 114 Å². The number of carbonyl (C=O) groups is 3. The Kier molecular flexibility index (Phi) is 7.14. The molecule has 0 aromatic carbocycles. The maximum Gasteiger partial charge on any atom is 0.303 e. The number of nitrogens with zero attached hydrogens (tertiary/aromatic N) is 2. The molecule has 2 heterocycles. The molecule has 0 spiro atoms. The van der Waals surface area contributed by atoms with E-state index in [9.17, 15) is 14.4 Å². The van der Waals surface area contributed by atoms with E-state index < -0.39 is 41.7 Å². The second kappa shape index (κ2) is 9.14. The summed E-state index contributed by atoms with van der Waals surface area (Å²) in [6.45, 7) is 7.33. The first-order chi connectivity index (χ1) is 12.7. The average Bonchev–Trinajstić information content (AvgIpc) is 2.50. The van der Waals surface area contributed by atoms with Gasteiger partial charge in [0.1, 0.15) is 0 Å². The maximum absolute atomic E-state index is 11.6. The number of aromatic nitrogens is 2. The Hall–Kier alpha value is -2.20. The predicted molar refractivity (Wildman–Crippen MR) is 93.8 cm³/mol. The number of carbonyl (C=O) groups excluding carboxylic acids is 3. The van der Waals surface area contributed by atoms with Crippen LogP contribution in [0.4, 0.5) is 0 Å². The van der Waals surface area contributed by atoms with E-state index in [1.165, 1.54) is 20.8 Å². The van der Waals surface area contributed by atoms with E-state index in [1.807, 2.05) is 19.9 Å². The van der Waals surface area contributed by atoms with E-state index in [2.05, 4.69) is 9.97 Å². The first kappa shape index (κ1) is 21.1. The minimum Gasteiger partial charge on any atom is -0.456 e. The van der Waals surface area contributed by atoms with Gasteiger partial charge in [-0.25, -0.2) is 9.97 Å². The number of hydrogen-bond acceptors (Lipinski definition) is 10. The third kappa shape index (κ3) is 6.17. The van der Waals surface area contributed by atoms with Crippen LogP contribution in [0.2, 0.25) is 0 Å². The first-order valence-electron chi connectivity index (χ1n) is 8.28. The van der Waals surface area contributed by atoms with Crippen molar-refractivity contribution in [2.75, 3.05) is 6.61 Å². The van der Waals surface area contributed by atoms with Gasteiger partial charge in [0.05, 0.1) is 6.61 Å². The van der Waals surface area contributed by atoms with Gasteiger partial charge in [-0.15, -0.1) is 0 Å². The molecule has 27 heavy (non-hydrogen) atoms. The molecule has 9 nitrogen and oxygen atoms in total. The summed E-state index contributed by atoms with van der Waals surface area (Å²) in [4.78, 5) is 43.2. The van der Waals surface area contributed by atoms with Crippen LogP contribution in [0.3, 0.4) is 0 Å². The molecule has 4 atom stereocenters. The molecule has 1 aliphatic heterocycles. The van der Waals surface area contributed by atoms with Crippen LogP contribution in [0, 0.1) is 13.8 Å². The highest BCUT2D eigenvalue weighted by molar-refractivity contribution is 7.99. The van der Waals surface area contributed by atoms with Gasteiger partial charge in [-0.2, -0.15) is 0 Å². The molecule has 0 saturated carbocycles. The summed E-state index contributed by atoms with van der Waals surface area (Å²) in [5.41, 5.74) is 0.810. The fourth-order valence-corrected chi connectivity index (χ4v) is 3.75. The molecule has 1 aliphatic rings. The molecule has 148 valence electrons. The molecule has 0 amide bonds. The molecule has 10 heteroatoms. The summed E-state index contributed by atoms with van der Waals surface area (Å²) in [5.74, 6) is -1.75. The van der Waals surface area contributed by atoms with Crippen LogP contribution in [-0.2, 0) is 33.3 Å². The third-order valence-electron chi connectivity index (χ3n) is 3.49. The van der Waals surface area contributed by atoms with E-state index in [0.29, 0.717) is 5.16 Å². The standard InChI is InChI=1S/C17H22N2O7S/c1-8-6-9(2)19-17(18-8)27-16-15(26-12(5)22)14(25-11(4)21)13(7-23-16)24-10(3)20/h6,13-16H,7H2,1-5H3. The highest BCUT2D eigenvalue weighted by atomic mass is 32.2. The van der Waals surface area contributed by atoms with Gasteiger partial charge in [0.15, 0.2) is 28.9 Å². The molecule has 2 rings (SSSR count). The largest absolute Gasteiger partial charge is 0.456 e. The van der Waals surface area contributed by atoms with Crippen molar-refractivity contribution in [1.29, 1.82) is 0 Å². The van der Waals surface area contributed by atoms with Crippen LogP contribution in [0.1, 0.15) is 32.2 Å². The van der Waals surface area contributed by atoms with E-state index in [1.54, 1.807) is 0 Å². The Bertz CT molecular complexity index is 707. The zero-order valence-electron chi connectivity index (χ0n) is 15.8. The second-order valence-electron chi connectivity index (χ2n) is 6.05. The van der Waals surface area contributed by atoms with Crippen molar-refractivity contribution in [3.05, 3.63) is 17.5 Å². The van der Waals surface area contributed by atoms with Crippen LogP contribution in [-0.4, -0.2) is 58.2 Å². The Balaban J connectivity index is 2.30. The summed E-state index contributed by atoms with van der Waals surface area (Å²) in [5, 5.41) is 0.433. The molecule has 1 saturated heterocycles. The summed E-state index contributed by atoms with van der Waals surface area (Å²) >= 11 is 1.14. The van der Waals surface area contributed by atoms with Crippen LogP contribution in [0.5, 0.6) is 0 Å². The van der Waals surface area contributed by atoms with Crippen molar-refractivity contribution in [2.45, 2.75) is 63.5 Å². The van der Waals surface area contributed by atoms with Gasteiger partial charge >= 0.3 is 17.9 Å². The normalized spacial score (nSPS) is 24.8. The van der Waals surface area contributed by atoms with E-state index in [-0.39, 0.29) is 6.61 Å². The molecule has 4 unspecified atom stereocenters. The lowest BCUT2D eigenvalue weighted by Crippen LogP contribution is -2.56. The lowest BCUT2D eigenvalue weighted by Gasteiger charge is -2.39. The minimum absolute atomic E-state index is 0.0300. The van der Waals surface area contributed by atoms with Crippen molar-refractivity contribution in [3.8, 4) is 0 Å². The zero-order valence-corrected chi connectivity index (χ0v) is 16.6. The van der Waals surface area contributed by atoms with E-state index in [0.717, 1.165) is 23.1 Å². The SMILES string of the molecule is CC(=O)OC1COC(Sc2nc(C)cc(C)n2)C(OC(C)=O)C1OC(C)=O. The monoisotopic (exact) mass is 398 g/mol. The van der Waals surface area contributed by atoms with Crippen molar-refractivity contribution in [1.82, 2.24) is 9.97 Å². The Morgan fingerprint density at radius 2 is 1.48 bits per heavy atom. The van der Waals surface area contributed by atoms with Gasteiger partial charge in [-0.3, -0.25) is 14.4 Å². The van der Waals surface area contributed by atoms with Gasteiger partial charge in [0.2, 0.25) is 0 Å². The maximum atomic E-state index is 11.6. The van der Waals surface area contributed by atoms with Crippen molar-refractivity contribution in [2.24, 2.45) is 0 Å². The number of rotatable bonds is 5. The third-order valence-corrected chi connectivity index (χ3v) is 4.52. The predicted octanol–water partition coefficient (Wildman–Crippen LogP) is 1.34. The van der Waals surface area contributed by atoms with Gasteiger partial charge < -0.3 is 18.9 Å². The number of esters is 3. The molecular formula is C17H22N2O7S. The van der Waals surface area contributed by atoms with Gasteiger partial charge in [0, 0.05) is 32.2 Å². The summed E-state index contributed by atoms with van der Waals surface area (Å²) in [6, 6.07) is 1.83. The fourth-order valence-electron chi connectivity index (χ4n) is 2.66. The molecule has 1 aromatic heterocycles. The fraction of sp³-hybridized carbons (Fsp3) is 0.588. The number of ether oxygens (including phenoxy) is 4. The summed E-state index contributed by atoms with van der Waals surface area (Å²) < 4.78 is 21.6. The van der Waals surface area contributed by atoms with Crippen molar-refractivity contribution >= 4 is 29.7 Å². The Morgan fingerprint density at radius 1 is 0.963 bits per heavy atom. The minimum atomic E-state index is -1.01. The van der Waals surface area contributed by atoms with Crippen molar-refractivity contribution < 1.29 is 33.3 Å². The van der Waals surface area contributed by atoms with E-state index in [4.69, 9.17) is 18.9 Å². The molecule has 1 fully saturated rings. The van der Waals surface area contributed by atoms with Gasteiger partial charge in [-0.05, 0) is 19.9 Å². The zero-order chi connectivity index (χ0) is 20.1. The summed E-state index contributed by atoms with van der Waals surface area (Å²) in [6.07, 6.45) is -2.90. The van der Waals surface area contributed by atoms with Crippen LogP contribution < -0.4 is 0 Å². The molecule has 0 bridgehead atoms. The highest BCUT2D eigenvalue weighted by Gasteiger charge is 2.47. The van der Waals surface area contributed by atoms with E-state index >= 15 is 0 Å². The highest BCUT2D eigenvalue weighted by Crippen LogP contribution is 2.33. The summed E-state index contributed by atoms with van der Waals surface area (Å²) in [7, 11) is 0.